The van der Waals surface area contributed by atoms with Crippen LogP contribution in [-0.2, 0) is 40.3 Å². The van der Waals surface area contributed by atoms with Crippen LogP contribution in [0.2, 0.25) is 0 Å². The molecule has 1 aliphatic heterocycles. The van der Waals surface area contributed by atoms with Gasteiger partial charge in [0.1, 0.15) is 11.9 Å². The van der Waals surface area contributed by atoms with Gasteiger partial charge in [0.05, 0.1) is 23.3 Å². The highest BCUT2D eigenvalue weighted by Crippen LogP contribution is 2.77. The number of aromatic nitrogens is 1. The Morgan fingerprint density at radius 1 is 0.885 bits per heavy atom. The van der Waals surface area contributed by atoms with Crippen LogP contribution in [0.3, 0.4) is 0 Å². The summed E-state index contributed by atoms with van der Waals surface area (Å²) in [7, 11) is -2.99. The van der Waals surface area contributed by atoms with Crippen LogP contribution in [-0.4, -0.2) is 72.8 Å². The summed E-state index contributed by atoms with van der Waals surface area (Å²) in [6.07, 6.45) is 10.3. The van der Waals surface area contributed by atoms with E-state index in [2.05, 4.69) is 58.8 Å². The van der Waals surface area contributed by atoms with E-state index in [-0.39, 0.29) is 68.8 Å². The SMILES string of the molecule is CC(C)C1=C2[C@H]3CC[C@@H]4[C@@]5(C)CC[C@H](OC(=O)[C@H]6C[C@@H](C(=O)O)C6(C)C)C(C)(C)[C@@H]5CC[C@@]4(C)[C@]3(C)CC[C@@]2(CC(=O)NCc2ccc(N3CCS(=O)(=O)CC3)nc2)CC1=O. The summed E-state index contributed by atoms with van der Waals surface area (Å²) in [4.78, 5) is 60.2. The van der Waals surface area contributed by atoms with Crippen molar-refractivity contribution in [3.05, 3.63) is 35.0 Å². The van der Waals surface area contributed by atoms with E-state index in [1.807, 2.05) is 30.9 Å². The van der Waals surface area contributed by atoms with Crippen molar-refractivity contribution in [3.8, 4) is 0 Å². The van der Waals surface area contributed by atoms with Crippen LogP contribution in [0.1, 0.15) is 139 Å². The molecule has 2 N–H and O–H groups in total. The summed E-state index contributed by atoms with van der Waals surface area (Å²) in [6.45, 7) is 21.4. The molecule has 11 nitrogen and oxygen atoms in total. The molecule has 7 aliphatic rings. The van der Waals surface area contributed by atoms with E-state index in [0.717, 1.165) is 68.3 Å². The number of pyridine rings is 1. The zero-order chi connectivity index (χ0) is 44.3. The number of amides is 1. The van der Waals surface area contributed by atoms with Crippen molar-refractivity contribution in [2.45, 2.75) is 146 Å². The minimum atomic E-state index is -2.99. The third-order valence-corrected chi connectivity index (χ3v) is 20.7. The lowest BCUT2D eigenvalue weighted by atomic mass is 9.33. The molecule has 0 aromatic carbocycles. The molecule has 1 aromatic rings. The zero-order valence-corrected chi connectivity index (χ0v) is 39.0. The molecule has 12 heteroatoms. The zero-order valence-electron chi connectivity index (χ0n) is 38.2. The number of rotatable bonds is 9. The Hall–Kier alpha value is -3.28. The van der Waals surface area contributed by atoms with Crippen molar-refractivity contribution in [2.75, 3.05) is 29.5 Å². The first-order valence-corrected chi connectivity index (χ1v) is 25.1. The van der Waals surface area contributed by atoms with Gasteiger partial charge in [0, 0.05) is 49.5 Å². The summed E-state index contributed by atoms with van der Waals surface area (Å²) in [5.74, 6) is 0.318. The molecule has 0 radical (unpaired) electrons. The highest BCUT2D eigenvalue weighted by molar-refractivity contribution is 7.91. The van der Waals surface area contributed by atoms with Gasteiger partial charge in [-0.25, -0.2) is 13.4 Å². The molecule has 0 spiro atoms. The molecule has 8 rings (SSSR count). The van der Waals surface area contributed by atoms with Gasteiger partial charge in [-0.1, -0.05) is 74.0 Å². The van der Waals surface area contributed by atoms with Crippen LogP contribution in [0.4, 0.5) is 5.82 Å². The maximum atomic E-state index is 14.2. The molecule has 5 saturated carbocycles. The van der Waals surface area contributed by atoms with Gasteiger partial charge in [-0.05, 0) is 120 Å². The summed E-state index contributed by atoms with van der Waals surface area (Å²) in [6, 6.07) is 3.84. The molecule has 2 heterocycles. The molecule has 1 amide bonds. The van der Waals surface area contributed by atoms with Crippen LogP contribution in [0.25, 0.3) is 0 Å². The van der Waals surface area contributed by atoms with E-state index in [9.17, 15) is 32.7 Å². The topological polar surface area (TPSA) is 160 Å². The van der Waals surface area contributed by atoms with Crippen molar-refractivity contribution in [1.82, 2.24) is 10.3 Å². The Kier molecular flexibility index (Phi) is 10.8. The predicted molar refractivity (Wildman–Crippen MR) is 234 cm³/mol. The monoisotopic (exact) mass is 861 g/mol. The second kappa shape index (κ2) is 14.9. The van der Waals surface area contributed by atoms with E-state index in [0.29, 0.717) is 50.7 Å². The van der Waals surface area contributed by atoms with Crippen molar-refractivity contribution in [2.24, 2.45) is 68.0 Å². The van der Waals surface area contributed by atoms with Crippen molar-refractivity contribution in [3.63, 3.8) is 0 Å². The Balaban J connectivity index is 0.979. The number of nitrogens with zero attached hydrogens (tertiary/aromatic N) is 2. The number of hydrogen-bond acceptors (Lipinski definition) is 9. The number of carboxylic acid groups (broad SMARTS) is 1. The van der Waals surface area contributed by atoms with Gasteiger partial charge in [-0.2, -0.15) is 0 Å². The number of hydrogen-bond donors (Lipinski definition) is 2. The number of nitrogens with one attached hydrogen (secondary N) is 1. The number of aliphatic carboxylic acids is 1. The maximum Gasteiger partial charge on any atom is 0.309 e. The molecular weight excluding hydrogens is 791 g/mol. The fraction of sp³-hybridized carbons (Fsp3) is 0.776. The Morgan fingerprint density at radius 2 is 1.59 bits per heavy atom. The van der Waals surface area contributed by atoms with Crippen LogP contribution < -0.4 is 10.2 Å². The van der Waals surface area contributed by atoms with E-state index in [1.54, 1.807) is 6.20 Å². The quantitative estimate of drug-likeness (QED) is 0.233. The van der Waals surface area contributed by atoms with Gasteiger partial charge in [0.2, 0.25) is 5.91 Å². The summed E-state index contributed by atoms with van der Waals surface area (Å²) in [5.41, 5.74) is 1.84. The van der Waals surface area contributed by atoms with Crippen molar-refractivity contribution in [1.29, 1.82) is 0 Å². The van der Waals surface area contributed by atoms with Crippen LogP contribution >= 0.6 is 0 Å². The number of Topliss-reactive ketones (excluding diaryl/α,β-unsaturated/α-hetero) is 1. The number of esters is 1. The van der Waals surface area contributed by atoms with Gasteiger partial charge in [0.15, 0.2) is 15.6 Å². The fourth-order valence-electron chi connectivity index (χ4n) is 15.3. The van der Waals surface area contributed by atoms with Gasteiger partial charge >= 0.3 is 11.9 Å². The number of anilines is 1. The first-order chi connectivity index (χ1) is 28.4. The van der Waals surface area contributed by atoms with Gasteiger partial charge in [-0.3, -0.25) is 19.2 Å². The van der Waals surface area contributed by atoms with Crippen molar-refractivity contribution < 1.29 is 37.4 Å². The Morgan fingerprint density at radius 3 is 2.21 bits per heavy atom. The number of ketones is 1. The van der Waals surface area contributed by atoms with Crippen LogP contribution in [0, 0.1) is 68.0 Å². The van der Waals surface area contributed by atoms with Gasteiger partial charge in [-0.15, -0.1) is 0 Å². The maximum absolute atomic E-state index is 14.2. The Labute approximate surface area is 363 Å². The van der Waals surface area contributed by atoms with Crippen molar-refractivity contribution >= 4 is 39.3 Å². The van der Waals surface area contributed by atoms with Crippen LogP contribution in [0.15, 0.2) is 29.5 Å². The minimum Gasteiger partial charge on any atom is -0.481 e. The molecular formula is C49H71N3O8S. The lowest BCUT2D eigenvalue weighted by Gasteiger charge is -2.72. The van der Waals surface area contributed by atoms with Gasteiger partial charge in [0.25, 0.3) is 0 Å². The van der Waals surface area contributed by atoms with Crippen LogP contribution in [0.5, 0.6) is 0 Å². The highest BCUT2D eigenvalue weighted by Gasteiger charge is 2.70. The van der Waals surface area contributed by atoms with Gasteiger partial charge < -0.3 is 20.1 Å². The number of allylic oxidation sites excluding steroid dienone is 2. The summed E-state index contributed by atoms with van der Waals surface area (Å²) < 4.78 is 30.2. The van der Waals surface area contributed by atoms with E-state index >= 15 is 0 Å². The molecule has 1 saturated heterocycles. The normalized spacial score (nSPS) is 39.6. The number of ether oxygens (including phenoxy) is 1. The third kappa shape index (κ3) is 6.91. The molecule has 6 fully saturated rings. The third-order valence-electron chi connectivity index (χ3n) is 19.1. The number of carboxylic acids is 1. The first-order valence-electron chi connectivity index (χ1n) is 23.3. The van der Waals surface area contributed by atoms with E-state index < -0.39 is 38.5 Å². The molecule has 6 aliphatic carbocycles. The lowest BCUT2D eigenvalue weighted by molar-refractivity contribution is -0.236. The molecule has 336 valence electrons. The minimum absolute atomic E-state index is 0.0271. The average Bonchev–Trinajstić information content (AvgIpc) is 3.46. The number of carbonyl (C=O) groups excluding carboxylic acids is 3. The molecule has 0 bridgehead atoms. The highest BCUT2D eigenvalue weighted by atomic mass is 32.2. The second-order valence-electron chi connectivity index (χ2n) is 22.9. The average molecular weight is 862 g/mol. The largest absolute Gasteiger partial charge is 0.481 e. The second-order valence-corrected chi connectivity index (χ2v) is 25.2. The smallest absolute Gasteiger partial charge is 0.309 e. The number of carbonyl (C=O) groups is 4. The summed E-state index contributed by atoms with van der Waals surface area (Å²) in [5, 5.41) is 12.9. The summed E-state index contributed by atoms with van der Waals surface area (Å²) >= 11 is 0. The lowest BCUT2D eigenvalue weighted by Crippen LogP contribution is -2.66. The number of fused-ring (bicyclic) bond motifs is 7. The standard InChI is InChI=1S/C49H71N3O8S/c1-29(2)40-34(53)25-49(26-39(54)51-28-30-10-13-38(50-27-30)52-20-22-61(58,59)23-21-52)19-18-47(8)31(41(40)49)11-12-36-46(7)16-15-37(45(5,6)35(46)14-17-48(36,47)9)60-43(57)33-24-32(42(55)56)44(33,3)4/h10,13,27,29,31-33,35-37H,11-12,14-26,28H2,1-9H3,(H,51,54)(H,55,56)/t31-,32+,33-,35+,36-,37+,46+,47-,48-,49+/m1/s1. The van der Waals surface area contributed by atoms with E-state index in [4.69, 9.17) is 4.74 Å². The number of sulfone groups is 1. The molecule has 1 aromatic heterocycles. The predicted octanol–water partition coefficient (Wildman–Crippen LogP) is 7.96. The first kappa shape index (κ1) is 44.3. The Bertz CT molecular complexity index is 2110. The van der Waals surface area contributed by atoms with E-state index in [1.165, 1.54) is 5.57 Å². The molecule has 61 heavy (non-hydrogen) atoms. The molecule has 10 atom stereocenters. The fourth-order valence-corrected chi connectivity index (χ4v) is 16.5. The molecule has 0 unspecified atom stereocenters.